The van der Waals surface area contributed by atoms with Crippen molar-refractivity contribution in [2.45, 2.75) is 90.9 Å². The lowest BCUT2D eigenvalue weighted by molar-refractivity contribution is -0.164. The number of urea groups is 1. The molecule has 2 amide bonds. The lowest BCUT2D eigenvalue weighted by atomic mass is 9.91. The second-order valence-electron chi connectivity index (χ2n) is 9.63. The Morgan fingerprint density at radius 2 is 1.81 bits per heavy atom. The summed E-state index contributed by atoms with van der Waals surface area (Å²) in [6.45, 7) is 10.4. The van der Waals surface area contributed by atoms with Gasteiger partial charge in [-0.05, 0) is 70.6 Å². The number of amides is 2. The third-order valence-corrected chi connectivity index (χ3v) is 7.38. The van der Waals surface area contributed by atoms with Crippen molar-refractivity contribution < 1.29 is 19.1 Å². The molecule has 6 nitrogen and oxygen atoms in total. The Morgan fingerprint density at radius 1 is 1.16 bits per heavy atom. The second kappa shape index (κ2) is 9.49. The number of carbonyl (C=O) groups is 2. The summed E-state index contributed by atoms with van der Waals surface area (Å²) in [7, 11) is 1.37. The van der Waals surface area contributed by atoms with Crippen LogP contribution in [0.4, 0.5) is 10.5 Å². The molecule has 0 aromatic heterocycles. The summed E-state index contributed by atoms with van der Waals surface area (Å²) in [6, 6.07) is 0.256. The van der Waals surface area contributed by atoms with Crippen LogP contribution in [0.2, 0.25) is 0 Å². The molecule has 0 bridgehead atoms. The highest BCUT2D eigenvalue weighted by atomic mass is 79.9. The number of fused-ring (bicyclic) bond motifs is 1. The summed E-state index contributed by atoms with van der Waals surface area (Å²) in [4.78, 5) is 27.9. The van der Waals surface area contributed by atoms with Crippen LogP contribution < -0.4 is 5.32 Å². The molecule has 0 radical (unpaired) electrons. The van der Waals surface area contributed by atoms with Crippen LogP contribution in [0.15, 0.2) is 4.47 Å². The minimum Gasteiger partial charge on any atom is -0.467 e. The molecule has 1 saturated carbocycles. The standard InChI is InChI=1S/C24H35BrN2O4/c1-14-17-12-13-27(16-10-8-7-9-11-16)23(29)26-20(17)15(2)18(19(14)25)21(22(28)30-6)31-24(3,4)5/h16,21H,7-13H2,1-6H3,(H,26,29)/t21-/m0/s1. The van der Waals surface area contributed by atoms with Gasteiger partial charge in [0.2, 0.25) is 0 Å². The van der Waals surface area contributed by atoms with Crippen molar-refractivity contribution in [1.29, 1.82) is 0 Å². The first-order valence-corrected chi connectivity index (χ1v) is 12.0. The van der Waals surface area contributed by atoms with Crippen LogP contribution in [0.3, 0.4) is 0 Å². The fourth-order valence-corrected chi connectivity index (χ4v) is 5.52. The SMILES string of the molecule is COC(=O)[C@@H](OC(C)(C)C)c1c(C)c2c(c(C)c1Br)CCN(C1CCCCC1)C(=O)N2. The molecule has 1 atom stereocenters. The normalized spacial score (nSPS) is 18.8. The lowest BCUT2D eigenvalue weighted by Crippen LogP contribution is -2.43. The Balaban J connectivity index is 2.04. The number of methoxy groups -OCH3 is 1. The van der Waals surface area contributed by atoms with E-state index >= 15 is 0 Å². The third-order valence-electron chi connectivity index (χ3n) is 6.36. The van der Waals surface area contributed by atoms with Crippen LogP contribution >= 0.6 is 15.9 Å². The zero-order chi connectivity index (χ0) is 22.9. The number of rotatable bonds is 4. The Kier molecular flexibility index (Phi) is 7.36. The predicted octanol–water partition coefficient (Wildman–Crippen LogP) is 5.82. The van der Waals surface area contributed by atoms with Gasteiger partial charge in [0.1, 0.15) is 0 Å². The molecule has 1 aromatic rings. The van der Waals surface area contributed by atoms with Crippen molar-refractivity contribution in [2.24, 2.45) is 0 Å². The fourth-order valence-electron chi connectivity index (χ4n) is 4.78. The van der Waals surface area contributed by atoms with Gasteiger partial charge in [0.05, 0.1) is 12.7 Å². The number of carbonyl (C=O) groups excluding carboxylic acids is 2. The molecular weight excluding hydrogens is 460 g/mol. The number of ether oxygens (including phenoxy) is 2. The van der Waals surface area contributed by atoms with Gasteiger partial charge in [0, 0.05) is 28.3 Å². The fraction of sp³-hybridized carbons (Fsp3) is 0.667. The zero-order valence-corrected chi connectivity index (χ0v) is 21.1. The maximum atomic E-state index is 13.2. The Hall–Kier alpha value is -1.60. The molecule has 31 heavy (non-hydrogen) atoms. The number of nitrogens with zero attached hydrogens (tertiary/aromatic N) is 1. The van der Waals surface area contributed by atoms with Gasteiger partial charge in [-0.3, -0.25) is 0 Å². The molecular formula is C24H35BrN2O4. The van der Waals surface area contributed by atoms with Crippen LogP contribution in [0.5, 0.6) is 0 Å². The summed E-state index contributed by atoms with van der Waals surface area (Å²) in [5.41, 5.74) is 3.93. The van der Waals surface area contributed by atoms with Gasteiger partial charge in [0.15, 0.2) is 6.10 Å². The van der Waals surface area contributed by atoms with E-state index in [1.165, 1.54) is 26.4 Å². The van der Waals surface area contributed by atoms with Gasteiger partial charge in [0.25, 0.3) is 0 Å². The Bertz CT molecular complexity index is 856. The molecule has 7 heteroatoms. The first-order chi connectivity index (χ1) is 14.5. The van der Waals surface area contributed by atoms with Crippen molar-refractivity contribution in [3.8, 4) is 0 Å². The van der Waals surface area contributed by atoms with Crippen molar-refractivity contribution in [3.63, 3.8) is 0 Å². The number of hydrogen-bond acceptors (Lipinski definition) is 4. The average molecular weight is 495 g/mol. The average Bonchev–Trinajstić information content (AvgIpc) is 2.90. The number of anilines is 1. The van der Waals surface area contributed by atoms with Crippen molar-refractivity contribution in [3.05, 3.63) is 26.7 Å². The molecule has 3 rings (SSSR count). The van der Waals surface area contributed by atoms with Gasteiger partial charge in [-0.2, -0.15) is 0 Å². The van der Waals surface area contributed by atoms with E-state index in [9.17, 15) is 9.59 Å². The van der Waals surface area contributed by atoms with Gasteiger partial charge in [-0.1, -0.05) is 35.2 Å². The maximum Gasteiger partial charge on any atom is 0.339 e. The van der Waals surface area contributed by atoms with Crippen LogP contribution in [-0.4, -0.2) is 42.2 Å². The molecule has 172 valence electrons. The van der Waals surface area contributed by atoms with E-state index in [1.807, 2.05) is 39.5 Å². The number of hydrogen-bond donors (Lipinski definition) is 1. The van der Waals surface area contributed by atoms with E-state index < -0.39 is 17.7 Å². The Labute approximate surface area is 194 Å². The monoisotopic (exact) mass is 494 g/mol. The van der Waals surface area contributed by atoms with Crippen LogP contribution in [0.25, 0.3) is 0 Å². The van der Waals surface area contributed by atoms with Gasteiger partial charge in [-0.15, -0.1) is 0 Å². The van der Waals surface area contributed by atoms with Crippen molar-refractivity contribution in [1.82, 2.24) is 4.90 Å². The summed E-state index contributed by atoms with van der Waals surface area (Å²) < 4.78 is 12.0. The number of nitrogens with one attached hydrogen (secondary N) is 1. The number of benzene rings is 1. The van der Waals surface area contributed by atoms with E-state index in [0.29, 0.717) is 18.2 Å². The largest absolute Gasteiger partial charge is 0.467 e. The molecule has 0 unspecified atom stereocenters. The van der Waals surface area contributed by atoms with E-state index in [4.69, 9.17) is 9.47 Å². The van der Waals surface area contributed by atoms with E-state index in [-0.39, 0.29) is 6.03 Å². The molecule has 2 aliphatic rings. The zero-order valence-electron chi connectivity index (χ0n) is 19.6. The highest BCUT2D eigenvalue weighted by molar-refractivity contribution is 9.10. The van der Waals surface area contributed by atoms with Crippen LogP contribution in [0, 0.1) is 13.8 Å². The molecule has 1 heterocycles. The summed E-state index contributed by atoms with van der Waals surface area (Å²) in [5, 5.41) is 3.18. The van der Waals surface area contributed by atoms with Gasteiger partial charge >= 0.3 is 12.0 Å². The number of esters is 1. The van der Waals surface area contributed by atoms with Crippen molar-refractivity contribution >= 4 is 33.6 Å². The summed E-state index contributed by atoms with van der Waals surface area (Å²) >= 11 is 3.73. The van der Waals surface area contributed by atoms with Gasteiger partial charge in [-0.25, -0.2) is 9.59 Å². The highest BCUT2D eigenvalue weighted by Gasteiger charge is 2.35. The topological polar surface area (TPSA) is 67.9 Å². The van der Waals surface area contributed by atoms with Crippen molar-refractivity contribution in [2.75, 3.05) is 19.0 Å². The number of halogens is 1. The molecule has 0 spiro atoms. The predicted molar refractivity (Wildman–Crippen MR) is 126 cm³/mol. The van der Waals surface area contributed by atoms with E-state index in [1.54, 1.807) is 0 Å². The quantitative estimate of drug-likeness (QED) is 0.535. The maximum absolute atomic E-state index is 13.2. The first-order valence-electron chi connectivity index (χ1n) is 11.2. The molecule has 1 aliphatic carbocycles. The first kappa shape index (κ1) is 24.1. The van der Waals surface area contributed by atoms with Crippen LogP contribution in [-0.2, 0) is 20.7 Å². The smallest absolute Gasteiger partial charge is 0.339 e. The van der Waals surface area contributed by atoms with E-state index in [0.717, 1.165) is 46.1 Å². The molecule has 0 saturated heterocycles. The minimum absolute atomic E-state index is 0.0484. The third kappa shape index (κ3) is 5.08. The molecule has 1 aromatic carbocycles. The van der Waals surface area contributed by atoms with E-state index in [2.05, 4.69) is 21.2 Å². The lowest BCUT2D eigenvalue weighted by Gasteiger charge is -2.33. The molecule has 1 N–H and O–H groups in total. The molecule has 1 fully saturated rings. The summed E-state index contributed by atoms with van der Waals surface area (Å²) in [6.07, 6.45) is 5.64. The van der Waals surface area contributed by atoms with Gasteiger partial charge < -0.3 is 19.7 Å². The second-order valence-corrected chi connectivity index (χ2v) is 10.4. The minimum atomic E-state index is -0.891. The molecule has 1 aliphatic heterocycles. The van der Waals surface area contributed by atoms with Crippen LogP contribution in [0.1, 0.15) is 81.2 Å². The Morgan fingerprint density at radius 3 is 2.39 bits per heavy atom. The summed E-state index contributed by atoms with van der Waals surface area (Å²) in [5.74, 6) is -0.457. The highest BCUT2D eigenvalue weighted by Crippen LogP contribution is 2.42.